The molecule has 3 nitrogen and oxygen atoms in total. The van der Waals surface area contributed by atoms with Crippen LogP contribution in [-0.4, -0.2) is 17.9 Å². The third-order valence-corrected chi connectivity index (χ3v) is 8.26. The average molecular weight is 328 g/mol. The molecule has 0 unspecified atom stereocenters. The molecule has 0 bridgehead atoms. The zero-order chi connectivity index (χ0) is 17.1. The first-order valence-corrected chi connectivity index (χ1v) is 9.63. The van der Waals surface area contributed by atoms with Gasteiger partial charge in [0.15, 0.2) is 5.78 Å². The molecular formula is C21H28O3. The summed E-state index contributed by atoms with van der Waals surface area (Å²) >= 11 is 0. The van der Waals surface area contributed by atoms with Crippen molar-refractivity contribution in [2.24, 2.45) is 34.5 Å². The molecule has 0 aliphatic heterocycles. The molecular weight excluding hydrogens is 300 g/mol. The molecule has 0 radical (unpaired) electrons. The van der Waals surface area contributed by atoms with Gasteiger partial charge in [0.25, 0.3) is 0 Å². The summed E-state index contributed by atoms with van der Waals surface area (Å²) in [6.45, 7) is 4.02. The van der Waals surface area contributed by atoms with Crippen molar-refractivity contribution >= 4 is 17.9 Å². The molecule has 4 rings (SSSR count). The quantitative estimate of drug-likeness (QED) is 0.722. The first-order chi connectivity index (χ1) is 11.4. The summed E-state index contributed by atoms with van der Waals surface area (Å²) in [6, 6.07) is 0. The Morgan fingerprint density at radius 1 is 1.12 bits per heavy atom. The zero-order valence-electron chi connectivity index (χ0n) is 14.8. The van der Waals surface area contributed by atoms with Crippen molar-refractivity contribution in [3.8, 4) is 0 Å². The number of fused-ring (bicyclic) bond motifs is 5. The predicted molar refractivity (Wildman–Crippen MR) is 91.3 cm³/mol. The maximum atomic E-state index is 12.1. The van der Waals surface area contributed by atoms with E-state index in [1.807, 2.05) is 6.08 Å². The van der Waals surface area contributed by atoms with E-state index in [2.05, 4.69) is 6.92 Å². The van der Waals surface area contributed by atoms with Gasteiger partial charge < -0.3 is 4.79 Å². The second-order valence-corrected chi connectivity index (χ2v) is 8.98. The van der Waals surface area contributed by atoms with Gasteiger partial charge in [0.05, 0.1) is 0 Å². The number of allylic oxidation sites excluding steroid dienone is 1. The highest BCUT2D eigenvalue weighted by atomic mass is 16.1. The highest BCUT2D eigenvalue weighted by Crippen LogP contribution is 2.66. The van der Waals surface area contributed by atoms with Gasteiger partial charge in [-0.05, 0) is 81.1 Å². The van der Waals surface area contributed by atoms with E-state index < -0.39 is 5.41 Å². The minimum absolute atomic E-state index is 0.0568. The minimum atomic E-state index is -0.394. The van der Waals surface area contributed by atoms with E-state index in [4.69, 9.17) is 0 Å². The third-order valence-electron chi connectivity index (χ3n) is 8.26. The first-order valence-electron chi connectivity index (χ1n) is 9.63. The number of ketones is 2. The molecule has 0 aromatic rings. The average Bonchev–Trinajstić information content (AvgIpc) is 2.95. The molecule has 24 heavy (non-hydrogen) atoms. The molecule has 0 spiro atoms. The van der Waals surface area contributed by atoms with Crippen molar-refractivity contribution < 1.29 is 14.4 Å². The Hall–Kier alpha value is -1.25. The van der Waals surface area contributed by atoms with Crippen molar-refractivity contribution in [1.82, 2.24) is 0 Å². The Morgan fingerprint density at radius 3 is 2.62 bits per heavy atom. The summed E-state index contributed by atoms with van der Waals surface area (Å²) < 4.78 is 0. The largest absolute Gasteiger partial charge is 0.303 e. The molecule has 0 heterocycles. The van der Waals surface area contributed by atoms with Crippen LogP contribution in [0.2, 0.25) is 0 Å². The van der Waals surface area contributed by atoms with Crippen molar-refractivity contribution in [2.75, 3.05) is 0 Å². The Morgan fingerprint density at radius 2 is 1.92 bits per heavy atom. The molecule has 4 aliphatic carbocycles. The Balaban J connectivity index is 1.70. The Labute approximate surface area is 144 Å². The number of aldehydes is 1. The predicted octanol–water partition coefficient (Wildman–Crippen LogP) is 3.90. The van der Waals surface area contributed by atoms with Crippen molar-refractivity contribution in [1.29, 1.82) is 0 Å². The molecule has 0 saturated heterocycles. The molecule has 3 heteroatoms. The van der Waals surface area contributed by atoms with Gasteiger partial charge in [0.1, 0.15) is 12.1 Å². The smallest absolute Gasteiger partial charge is 0.155 e. The lowest BCUT2D eigenvalue weighted by Crippen LogP contribution is -2.52. The van der Waals surface area contributed by atoms with Crippen LogP contribution in [0.3, 0.4) is 0 Å². The van der Waals surface area contributed by atoms with Crippen LogP contribution >= 0.6 is 0 Å². The van der Waals surface area contributed by atoms with Crippen LogP contribution < -0.4 is 0 Å². The van der Waals surface area contributed by atoms with Crippen molar-refractivity contribution in [3.05, 3.63) is 11.6 Å². The van der Waals surface area contributed by atoms with E-state index in [-0.39, 0.29) is 22.9 Å². The molecule has 6 atom stereocenters. The fraction of sp³-hybridized carbons (Fsp3) is 0.762. The maximum Gasteiger partial charge on any atom is 0.155 e. The topological polar surface area (TPSA) is 51.2 Å². The van der Waals surface area contributed by atoms with Crippen molar-refractivity contribution in [3.63, 3.8) is 0 Å². The molecule has 3 fully saturated rings. The standard InChI is InChI=1S/C21H28O3/c1-13(23)17-5-6-19-16-4-3-14-11-15(24)7-9-20(14,2)18(16)8-10-21(17,19)12-22/h11-12,16-19H,3-10H2,1-2H3/t16-,17+,18-,19-,20-,21+/m0/s1. The van der Waals surface area contributed by atoms with Gasteiger partial charge >= 0.3 is 0 Å². The summed E-state index contributed by atoms with van der Waals surface area (Å²) in [4.78, 5) is 36.2. The van der Waals surface area contributed by atoms with Crippen LogP contribution in [0, 0.1) is 34.5 Å². The number of carbonyl (C=O) groups excluding carboxylic acids is 3. The molecule has 0 amide bonds. The SMILES string of the molecule is CC(=O)[C@H]1CC[C@H]2[C@H]3CCC4=CC(=O)CC[C@]4(C)[C@H]3CC[C@@]12C=O. The van der Waals surface area contributed by atoms with Crippen LogP contribution in [0.25, 0.3) is 0 Å². The summed E-state index contributed by atoms with van der Waals surface area (Å²) in [5.74, 6) is 1.93. The molecule has 0 aromatic heterocycles. The summed E-state index contributed by atoms with van der Waals surface area (Å²) in [5, 5.41) is 0. The van der Waals surface area contributed by atoms with Crippen LogP contribution in [0.5, 0.6) is 0 Å². The molecule has 0 N–H and O–H groups in total. The monoisotopic (exact) mass is 328 g/mol. The molecule has 130 valence electrons. The van der Waals surface area contributed by atoms with Gasteiger partial charge in [0, 0.05) is 17.8 Å². The number of carbonyl (C=O) groups is 3. The van der Waals surface area contributed by atoms with E-state index in [9.17, 15) is 14.4 Å². The summed E-state index contributed by atoms with van der Waals surface area (Å²) in [5.41, 5.74) is 1.11. The first kappa shape index (κ1) is 16.2. The van der Waals surface area contributed by atoms with E-state index >= 15 is 0 Å². The molecule has 4 aliphatic rings. The summed E-state index contributed by atoms with van der Waals surface area (Å²) in [7, 11) is 0. The van der Waals surface area contributed by atoms with Crippen LogP contribution in [0.1, 0.15) is 65.2 Å². The lowest BCUT2D eigenvalue weighted by molar-refractivity contribution is -0.140. The van der Waals surface area contributed by atoms with Crippen LogP contribution in [0.4, 0.5) is 0 Å². The Bertz CT molecular complexity index is 631. The molecule has 0 aromatic carbocycles. The van der Waals surface area contributed by atoms with Crippen LogP contribution in [0.15, 0.2) is 11.6 Å². The molecule has 3 saturated carbocycles. The van der Waals surface area contributed by atoms with Gasteiger partial charge in [0.2, 0.25) is 0 Å². The van der Waals surface area contributed by atoms with E-state index in [0.717, 1.165) is 51.2 Å². The highest BCUT2D eigenvalue weighted by Gasteiger charge is 2.61. The lowest BCUT2D eigenvalue weighted by Gasteiger charge is -2.57. The van der Waals surface area contributed by atoms with Gasteiger partial charge in [-0.1, -0.05) is 12.5 Å². The Kier molecular flexibility index (Phi) is 3.63. The second-order valence-electron chi connectivity index (χ2n) is 8.98. The normalized spacial score (nSPS) is 47.2. The van der Waals surface area contributed by atoms with E-state index in [1.54, 1.807) is 6.92 Å². The highest BCUT2D eigenvalue weighted by molar-refractivity contribution is 5.91. The number of Topliss-reactive ketones (excluding diaryl/α,β-unsaturated/α-hetero) is 1. The van der Waals surface area contributed by atoms with Gasteiger partial charge in [-0.15, -0.1) is 0 Å². The van der Waals surface area contributed by atoms with Gasteiger partial charge in [-0.25, -0.2) is 0 Å². The van der Waals surface area contributed by atoms with Gasteiger partial charge in [-0.2, -0.15) is 0 Å². The number of hydrogen-bond donors (Lipinski definition) is 0. The third kappa shape index (κ3) is 1.99. The fourth-order valence-electron chi connectivity index (χ4n) is 7.10. The number of hydrogen-bond acceptors (Lipinski definition) is 3. The number of rotatable bonds is 2. The summed E-state index contributed by atoms with van der Waals surface area (Å²) in [6.07, 6.45) is 10.6. The fourth-order valence-corrected chi connectivity index (χ4v) is 7.10. The van der Waals surface area contributed by atoms with Crippen molar-refractivity contribution in [2.45, 2.75) is 65.2 Å². The second kappa shape index (κ2) is 5.37. The maximum absolute atomic E-state index is 12.1. The minimum Gasteiger partial charge on any atom is -0.303 e. The van der Waals surface area contributed by atoms with Crippen LogP contribution in [-0.2, 0) is 14.4 Å². The lowest BCUT2D eigenvalue weighted by atomic mass is 9.46. The van der Waals surface area contributed by atoms with Gasteiger partial charge in [-0.3, -0.25) is 9.59 Å². The zero-order valence-corrected chi connectivity index (χ0v) is 14.8. The van der Waals surface area contributed by atoms with E-state index in [0.29, 0.717) is 24.2 Å². The van der Waals surface area contributed by atoms with E-state index in [1.165, 1.54) is 5.57 Å².